The maximum atomic E-state index is 8.66. The minimum atomic E-state index is -1.71. The molecule has 0 aliphatic heterocycles. The Bertz CT molecular complexity index is 821. The Kier molecular flexibility index (Phi) is 13.7. The summed E-state index contributed by atoms with van der Waals surface area (Å²) in [7, 11) is -3.41. The Labute approximate surface area is 214 Å². The van der Waals surface area contributed by atoms with E-state index in [0.29, 0.717) is 0 Å². The first-order valence-corrected chi connectivity index (χ1v) is 18.8. The third kappa shape index (κ3) is 10.3. The number of azide groups is 4. The van der Waals surface area contributed by atoms with E-state index in [-0.39, 0.29) is 36.4 Å². The van der Waals surface area contributed by atoms with Crippen molar-refractivity contribution in [3.63, 3.8) is 0 Å². The van der Waals surface area contributed by atoms with Crippen molar-refractivity contribution < 1.29 is 8.85 Å². The fourth-order valence-corrected chi connectivity index (χ4v) is 6.77. The van der Waals surface area contributed by atoms with Gasteiger partial charge >= 0.3 is 0 Å². The second kappa shape index (κ2) is 15.7. The first-order chi connectivity index (χ1) is 17.1. The molecule has 0 aromatic rings. The van der Waals surface area contributed by atoms with Crippen molar-refractivity contribution in [2.75, 3.05) is 0 Å². The van der Waals surface area contributed by atoms with Gasteiger partial charge in [-0.25, -0.2) is 0 Å². The molecule has 2 saturated carbocycles. The zero-order valence-electron chi connectivity index (χ0n) is 22.3. The smallest absolute Gasteiger partial charge is 0.186 e. The quantitative estimate of drug-likeness (QED) is 0.116. The lowest BCUT2D eigenvalue weighted by Crippen LogP contribution is -2.46. The fourth-order valence-electron chi connectivity index (χ4n) is 4.29. The topological polar surface area (TPSA) is 213 Å². The van der Waals surface area contributed by atoms with Crippen LogP contribution in [-0.4, -0.2) is 53.0 Å². The molecular formula is C20H40N12O2Si2. The largest absolute Gasteiger partial charge is 0.414 e. The van der Waals surface area contributed by atoms with Gasteiger partial charge in [-0.15, -0.1) is 0 Å². The molecule has 36 heavy (non-hydrogen) atoms. The highest BCUT2D eigenvalue weighted by Crippen LogP contribution is 2.31. The Morgan fingerprint density at radius 3 is 1.22 bits per heavy atom. The lowest BCUT2D eigenvalue weighted by molar-refractivity contribution is 0.112. The van der Waals surface area contributed by atoms with Crippen LogP contribution in [0.5, 0.6) is 0 Å². The molecule has 0 bridgehead atoms. The molecule has 0 spiro atoms. The molecule has 0 N–H and O–H groups in total. The highest BCUT2D eigenvalue weighted by molar-refractivity contribution is 6.71. The molecular weight excluding hydrogens is 496 g/mol. The average Bonchev–Trinajstić information content (AvgIpc) is 2.83. The minimum Gasteiger partial charge on any atom is -0.414 e. The molecule has 0 aromatic carbocycles. The van der Waals surface area contributed by atoms with Crippen LogP contribution in [0.4, 0.5) is 0 Å². The number of hydrogen-bond acceptors (Lipinski definition) is 6. The normalized spacial score (nSPS) is 28.1. The lowest BCUT2D eigenvalue weighted by Gasteiger charge is -2.37. The van der Waals surface area contributed by atoms with Gasteiger partial charge in [-0.2, -0.15) is 0 Å². The van der Waals surface area contributed by atoms with Gasteiger partial charge in [0.25, 0.3) is 0 Å². The van der Waals surface area contributed by atoms with Gasteiger partial charge in [-0.1, -0.05) is 47.1 Å². The van der Waals surface area contributed by atoms with Crippen molar-refractivity contribution in [3.8, 4) is 0 Å². The lowest BCUT2D eigenvalue weighted by atomic mass is 9.89. The molecule has 0 unspecified atom stereocenters. The Morgan fingerprint density at radius 2 is 0.944 bits per heavy atom. The highest BCUT2D eigenvalue weighted by Gasteiger charge is 2.37. The summed E-state index contributed by atoms with van der Waals surface area (Å²) in [6, 6.07) is 0.755. The van der Waals surface area contributed by atoms with Gasteiger partial charge in [0, 0.05) is 31.7 Å². The van der Waals surface area contributed by atoms with Crippen molar-refractivity contribution in [1.29, 1.82) is 0 Å². The van der Waals surface area contributed by atoms with Crippen molar-refractivity contribution in [2.45, 2.75) is 127 Å². The van der Waals surface area contributed by atoms with E-state index in [1.165, 1.54) is 0 Å². The predicted molar refractivity (Wildman–Crippen MR) is 145 cm³/mol. The summed E-state index contributed by atoms with van der Waals surface area (Å²) in [4.78, 5) is 11.4. The Hall–Kier alpha value is -2.41. The highest BCUT2D eigenvalue weighted by atomic mass is 28.4. The summed E-state index contributed by atoms with van der Waals surface area (Å²) in [6.45, 7) is 12.8. The molecule has 0 radical (unpaired) electrons. The molecule has 0 saturated heterocycles. The predicted octanol–water partition coefficient (Wildman–Crippen LogP) is 8.28. The van der Waals surface area contributed by atoms with Crippen LogP contribution in [0.2, 0.25) is 38.3 Å². The Morgan fingerprint density at radius 1 is 0.611 bits per heavy atom. The number of nitrogens with zero attached hydrogens (tertiary/aromatic N) is 12. The van der Waals surface area contributed by atoms with Gasteiger partial charge < -0.3 is 8.85 Å². The molecule has 2 rings (SSSR count). The van der Waals surface area contributed by atoms with Crippen LogP contribution in [0.25, 0.3) is 41.8 Å². The third-order valence-electron chi connectivity index (χ3n) is 6.94. The van der Waals surface area contributed by atoms with Gasteiger partial charge in [0.2, 0.25) is 0 Å². The molecule has 0 amide bonds. The van der Waals surface area contributed by atoms with Gasteiger partial charge in [0.1, 0.15) is 0 Å². The molecule has 0 aromatic heterocycles. The molecule has 2 fully saturated rings. The van der Waals surface area contributed by atoms with Crippen LogP contribution in [0.3, 0.4) is 0 Å². The van der Waals surface area contributed by atoms with Crippen molar-refractivity contribution >= 4 is 16.6 Å². The van der Waals surface area contributed by atoms with Crippen LogP contribution in [0.1, 0.15) is 52.4 Å². The van der Waals surface area contributed by atoms with Crippen LogP contribution in [0, 0.1) is 0 Å². The summed E-state index contributed by atoms with van der Waals surface area (Å²) >= 11 is 0. The molecule has 6 atom stereocenters. The van der Waals surface area contributed by atoms with Crippen molar-refractivity contribution in [1.82, 2.24) is 0 Å². The summed E-state index contributed by atoms with van der Waals surface area (Å²) < 4.78 is 12.3. The van der Waals surface area contributed by atoms with Crippen LogP contribution < -0.4 is 0 Å². The number of hydrogen-bond donors (Lipinski definition) is 0. The van der Waals surface area contributed by atoms with E-state index in [9.17, 15) is 0 Å². The maximum Gasteiger partial charge on any atom is 0.186 e. The molecule has 14 nitrogen and oxygen atoms in total. The molecule has 16 heteroatoms. The van der Waals surface area contributed by atoms with Crippen molar-refractivity contribution in [2.24, 2.45) is 20.5 Å². The first-order valence-electron chi connectivity index (χ1n) is 12.6. The van der Waals surface area contributed by atoms with E-state index in [1.807, 2.05) is 0 Å². The minimum absolute atomic E-state index is 0.105. The Balaban J connectivity index is 0.000000360. The van der Waals surface area contributed by atoms with E-state index < -0.39 is 16.6 Å². The third-order valence-corrected chi connectivity index (χ3v) is 12.2. The number of rotatable bonds is 10. The fraction of sp³-hybridized carbons (Fsp3) is 1.00. The second-order valence-electron chi connectivity index (χ2n) is 10.3. The van der Waals surface area contributed by atoms with E-state index in [0.717, 1.165) is 50.6 Å². The molecule has 0 heterocycles. The maximum absolute atomic E-state index is 8.66. The standard InChI is InChI=1S/2C10H20N6OSi/c2*1-4-18(2,3)17-9-7-5-6-8(13-15-11)10(9)14-16-12/h2*8-10H,4-7H2,1-3H3/t2*8-,9+,10-/m10/s1. The van der Waals surface area contributed by atoms with Gasteiger partial charge in [0.15, 0.2) is 16.6 Å². The molecule has 2 aliphatic carbocycles. The monoisotopic (exact) mass is 536 g/mol. The van der Waals surface area contributed by atoms with Crippen molar-refractivity contribution in [3.05, 3.63) is 41.8 Å². The van der Waals surface area contributed by atoms with E-state index in [2.05, 4.69) is 80.1 Å². The summed E-state index contributed by atoms with van der Waals surface area (Å²) in [6.07, 6.45) is 4.96. The van der Waals surface area contributed by atoms with E-state index >= 15 is 0 Å². The van der Waals surface area contributed by atoms with Gasteiger partial charge in [0.05, 0.1) is 24.3 Å². The van der Waals surface area contributed by atoms with Gasteiger partial charge in [-0.05, 0) is 86.1 Å². The van der Waals surface area contributed by atoms with Crippen LogP contribution >= 0.6 is 0 Å². The van der Waals surface area contributed by atoms with Gasteiger partial charge in [-0.3, -0.25) is 0 Å². The molecule has 200 valence electrons. The summed E-state index contributed by atoms with van der Waals surface area (Å²) in [5, 5.41) is 15.1. The summed E-state index contributed by atoms with van der Waals surface area (Å²) in [5.74, 6) is 0. The second-order valence-corrected chi connectivity index (χ2v) is 19.3. The van der Waals surface area contributed by atoms with Crippen LogP contribution in [-0.2, 0) is 8.85 Å². The zero-order chi connectivity index (χ0) is 27.2. The summed E-state index contributed by atoms with van der Waals surface area (Å²) in [5.41, 5.74) is 34.4. The van der Waals surface area contributed by atoms with E-state index in [1.54, 1.807) is 0 Å². The molecule has 2 aliphatic rings. The van der Waals surface area contributed by atoms with E-state index in [4.69, 9.17) is 31.0 Å². The van der Waals surface area contributed by atoms with Crippen LogP contribution in [0.15, 0.2) is 20.5 Å². The zero-order valence-corrected chi connectivity index (χ0v) is 24.3. The average molecular weight is 537 g/mol. The SMILES string of the molecule is CC[Si](C)(C)O[C@@H]1CCC[C@H](N=[N+]=[N-])[C@@H]1N=[N+]=[N-].CC[Si](C)(C)O[C@H]1CCC[C@@H](N=[N+]=[N-])[C@H]1N=[N+]=[N-]. The first kappa shape index (κ1) is 31.6.